The third-order valence-electron chi connectivity index (χ3n) is 14.1. The zero-order valence-corrected chi connectivity index (χ0v) is 48.2. The van der Waals surface area contributed by atoms with E-state index in [1.165, 1.54) is 22.3 Å². The van der Waals surface area contributed by atoms with Gasteiger partial charge in [0.1, 0.15) is 17.3 Å². The van der Waals surface area contributed by atoms with Crippen LogP contribution in [0, 0.1) is 30.4 Å². The molecule has 10 aromatic rings. The van der Waals surface area contributed by atoms with Crippen molar-refractivity contribution in [2.75, 3.05) is 0 Å². The molecule has 0 N–H and O–H groups in total. The molecule has 74 heavy (non-hydrogen) atoms. The van der Waals surface area contributed by atoms with E-state index in [1.807, 2.05) is 43.5 Å². The van der Waals surface area contributed by atoms with Crippen LogP contribution in [-0.2, 0) is 47.2 Å². The molecule has 0 bridgehead atoms. The molecule has 0 aliphatic carbocycles. The van der Waals surface area contributed by atoms with Crippen molar-refractivity contribution in [1.29, 1.82) is 5.26 Å². The number of pyridine rings is 2. The summed E-state index contributed by atoms with van der Waals surface area (Å²) >= 11 is 0. The summed E-state index contributed by atoms with van der Waals surface area (Å²) in [4.78, 5) is 9.44. The maximum atomic E-state index is 10.8. The molecular weight excluding hydrogens is 1080 g/mol. The summed E-state index contributed by atoms with van der Waals surface area (Å²) in [6.07, 6.45) is 3.54. The Balaban J connectivity index is 0.000000330. The van der Waals surface area contributed by atoms with E-state index in [2.05, 4.69) is 192 Å². The van der Waals surface area contributed by atoms with Crippen LogP contribution in [0.4, 0.5) is 0 Å². The fourth-order valence-electron chi connectivity index (χ4n) is 9.58. The number of aryl methyl sites for hydroxylation is 1. The summed E-state index contributed by atoms with van der Waals surface area (Å²) < 4.78 is 51.1. The molecule has 1 radical (unpaired) electrons. The molecule has 0 atom stereocenters. The molecule has 0 saturated carbocycles. The molecule has 4 aromatic heterocycles. The van der Waals surface area contributed by atoms with Gasteiger partial charge < -0.3 is 19.0 Å². The molecule has 0 spiro atoms. The van der Waals surface area contributed by atoms with Crippen LogP contribution >= 0.6 is 0 Å². The van der Waals surface area contributed by atoms with Gasteiger partial charge in [0.05, 0.1) is 29.0 Å². The van der Waals surface area contributed by atoms with E-state index in [4.69, 9.17) is 16.3 Å². The van der Waals surface area contributed by atoms with Gasteiger partial charge in [0.15, 0.2) is 0 Å². The van der Waals surface area contributed by atoms with Crippen LogP contribution in [0.2, 0.25) is 0 Å². The Morgan fingerprint density at radius 3 is 1.66 bits per heavy atom. The van der Waals surface area contributed by atoms with Crippen LogP contribution in [-0.4, -0.2) is 14.5 Å². The van der Waals surface area contributed by atoms with Gasteiger partial charge >= 0.3 is 0 Å². The Bertz CT molecular complexity index is 3970. The van der Waals surface area contributed by atoms with Gasteiger partial charge in [-0.1, -0.05) is 194 Å². The van der Waals surface area contributed by atoms with Crippen LogP contribution in [0.25, 0.3) is 83.1 Å². The van der Waals surface area contributed by atoms with E-state index >= 15 is 0 Å². The predicted molar refractivity (Wildman–Crippen MR) is 307 cm³/mol. The fourth-order valence-corrected chi connectivity index (χ4v) is 9.58. The molecule has 10 rings (SSSR count). The zero-order valence-electron chi connectivity index (χ0n) is 50.8. The Morgan fingerprint density at radius 2 is 1.14 bits per heavy atom. The number of furan rings is 1. The van der Waals surface area contributed by atoms with Crippen molar-refractivity contribution < 1.29 is 31.4 Å². The first-order valence-electron chi connectivity index (χ1n) is 27.8. The van der Waals surface area contributed by atoms with Crippen molar-refractivity contribution in [2.24, 2.45) is 0 Å². The molecular formula is C68H70IrN4O-2. The molecule has 4 heterocycles. The molecule has 0 aliphatic rings. The Labute approximate surface area is 460 Å². The van der Waals surface area contributed by atoms with Gasteiger partial charge in [-0.25, -0.2) is 0 Å². The summed E-state index contributed by atoms with van der Waals surface area (Å²) in [6, 6.07) is 39.1. The molecule has 5 nitrogen and oxygen atoms in total. The van der Waals surface area contributed by atoms with Crippen LogP contribution in [0.1, 0.15) is 150 Å². The van der Waals surface area contributed by atoms with Crippen molar-refractivity contribution in [1.82, 2.24) is 14.5 Å². The van der Waals surface area contributed by atoms with E-state index in [-0.39, 0.29) is 64.8 Å². The van der Waals surface area contributed by atoms with Crippen molar-refractivity contribution in [3.63, 3.8) is 0 Å². The van der Waals surface area contributed by atoms with Crippen molar-refractivity contribution >= 4 is 43.7 Å². The minimum Gasteiger partial charge on any atom is -0.498 e. The number of benzene rings is 6. The summed E-state index contributed by atoms with van der Waals surface area (Å²) in [5.74, 6) is 0. The van der Waals surface area contributed by atoms with Crippen LogP contribution < -0.4 is 0 Å². The Kier molecular flexibility index (Phi) is 12.5. The monoisotopic (exact) mass is 1160 g/mol. The number of hydrogen-bond acceptors (Lipinski definition) is 4. The van der Waals surface area contributed by atoms with E-state index in [9.17, 15) is 5.26 Å². The molecule has 0 saturated heterocycles. The minimum absolute atomic E-state index is 0. The van der Waals surface area contributed by atoms with Crippen molar-refractivity contribution in [2.45, 2.75) is 138 Å². The molecule has 6 heteroatoms. The number of nitrogens with zero attached hydrogens (tertiary/aromatic N) is 4. The predicted octanol–water partition coefficient (Wildman–Crippen LogP) is 18.4. The molecule has 6 aromatic carbocycles. The third kappa shape index (κ3) is 10.3. The summed E-state index contributed by atoms with van der Waals surface area (Å²) in [5.41, 5.74) is 14.4. The van der Waals surface area contributed by atoms with E-state index in [1.54, 1.807) is 6.20 Å². The normalized spacial score (nSPS) is 13.4. The fraction of sp³-hybridized carbons (Fsp3) is 0.309. The van der Waals surface area contributed by atoms with Gasteiger partial charge in [0.25, 0.3) is 0 Å². The molecule has 379 valence electrons. The van der Waals surface area contributed by atoms with Crippen LogP contribution in [0.3, 0.4) is 0 Å². The number of aromatic nitrogens is 3. The number of hydrogen-bond donors (Lipinski definition) is 0. The first-order valence-corrected chi connectivity index (χ1v) is 25.3. The second kappa shape index (κ2) is 19.6. The summed E-state index contributed by atoms with van der Waals surface area (Å²) in [7, 11) is 0. The SMILES string of the molecule is CC(C)(C)c1ccc(-c2[c-]ccc(C(C)(C)C)c2)nc1.[2H]c1c([2H])c([2H])c(-c2cnc(-c3[c-]cc(C(C)(C)C)c4c3oc3c(-n5c6cc(C(C)(C)C)ccc6c6ccc(C(C)(C)C)cc65)c(C#N)ccc34)cc2C)c([2H])c1[2H].[Ir]. The maximum Gasteiger partial charge on any atom is 0.146 e. The van der Waals surface area contributed by atoms with Gasteiger partial charge in [0.2, 0.25) is 0 Å². The smallest absolute Gasteiger partial charge is 0.146 e. The first-order chi connectivity index (χ1) is 36.3. The third-order valence-corrected chi connectivity index (χ3v) is 14.1. The van der Waals surface area contributed by atoms with Crippen molar-refractivity contribution in [3.8, 4) is 45.4 Å². The topological polar surface area (TPSA) is 67.6 Å². The van der Waals surface area contributed by atoms with E-state index in [0.717, 1.165) is 49.4 Å². The van der Waals surface area contributed by atoms with Crippen LogP contribution in [0.15, 0.2) is 138 Å². The zero-order chi connectivity index (χ0) is 56.9. The first kappa shape index (κ1) is 47.1. The number of rotatable bonds is 4. The quantitative estimate of drug-likeness (QED) is 0.165. The molecule has 0 unspecified atom stereocenters. The van der Waals surface area contributed by atoms with E-state index < -0.39 is 18.1 Å². The van der Waals surface area contributed by atoms with Gasteiger partial charge in [0, 0.05) is 54.2 Å². The van der Waals surface area contributed by atoms with Crippen molar-refractivity contribution in [3.05, 3.63) is 185 Å². The molecule has 0 fully saturated rings. The molecule has 0 aliphatic heterocycles. The van der Waals surface area contributed by atoms with Gasteiger partial charge in [-0.05, 0) is 91.4 Å². The van der Waals surface area contributed by atoms with Crippen LogP contribution in [0.5, 0.6) is 0 Å². The van der Waals surface area contributed by atoms with Gasteiger partial charge in [-0.3, -0.25) is 0 Å². The minimum atomic E-state index is -0.439. The second-order valence-corrected chi connectivity index (χ2v) is 24.7. The Morgan fingerprint density at radius 1 is 0.581 bits per heavy atom. The average molecular weight is 1160 g/mol. The van der Waals surface area contributed by atoms with Gasteiger partial charge in [-0.15, -0.1) is 53.1 Å². The maximum absolute atomic E-state index is 10.8. The standard InChI is InChI=1S/C49H46N3O.C19H24N.Ir/c1-29-24-40(51-28-38(29)30-14-12-11-13-15-30)36-22-23-39(49(8,9)10)43-37-19-16-31(27-50)44(46(37)53-45(36)43)52-41-25-32(47(2,3)4)17-20-34(41)35-21-18-33(26-42(35)52)48(5,6)7;1-18(2,3)15-9-7-8-14(12-15)17-11-10-16(13-20-17)19(4,5)6;/h11-21,23-26,28H,1-10H3;7,9-13H,1-6H3;/q2*-1;/i11D,12D,13D,14D,15D;;. The summed E-state index contributed by atoms with van der Waals surface area (Å²) in [5, 5.41) is 14.8. The largest absolute Gasteiger partial charge is 0.498 e. The Hall–Kier alpha value is -6.64. The average Bonchev–Trinajstić information content (AvgIpc) is 4.18. The number of nitriles is 1. The van der Waals surface area contributed by atoms with E-state index in [0.29, 0.717) is 44.8 Å². The number of fused-ring (bicyclic) bond motifs is 6. The summed E-state index contributed by atoms with van der Waals surface area (Å²) in [6.45, 7) is 34.8. The molecule has 0 amide bonds. The van der Waals surface area contributed by atoms with Gasteiger partial charge in [-0.2, -0.15) is 5.26 Å². The second-order valence-electron chi connectivity index (χ2n) is 24.7.